The molecule has 6 aromatic rings. The first-order chi connectivity index (χ1) is 55.8. The Morgan fingerprint density at radius 3 is 1.96 bits per heavy atom. The maximum absolute atomic E-state index is 16.6. The van der Waals surface area contributed by atoms with Gasteiger partial charge in [-0.05, 0) is 136 Å². The second kappa shape index (κ2) is 35.8. The average molecular weight is 1680 g/mol. The van der Waals surface area contributed by atoms with Crippen LogP contribution in [0.25, 0.3) is 11.1 Å². The molecule has 0 aromatic heterocycles. The van der Waals surface area contributed by atoms with E-state index in [1.807, 2.05) is 13.8 Å². The van der Waals surface area contributed by atoms with Gasteiger partial charge in [-0.2, -0.15) is 0 Å². The maximum Gasteiger partial charge on any atom is 0.330 e. The highest BCUT2D eigenvalue weighted by molar-refractivity contribution is 6.32. The number of fused-ring (bicyclic) bond motifs is 14. The molecule has 8 heterocycles. The maximum atomic E-state index is 16.6. The van der Waals surface area contributed by atoms with Crippen molar-refractivity contribution in [2.75, 3.05) is 13.7 Å². The van der Waals surface area contributed by atoms with Gasteiger partial charge in [0.15, 0.2) is 36.2 Å². The number of aliphatic hydroxyl groups is 6. The van der Waals surface area contributed by atoms with Gasteiger partial charge in [-0.1, -0.05) is 79.5 Å². The van der Waals surface area contributed by atoms with Crippen LogP contribution >= 0.6 is 23.2 Å². The summed E-state index contributed by atoms with van der Waals surface area (Å²) >= 11 is 13.4. The summed E-state index contributed by atoms with van der Waals surface area (Å²) in [5, 5.41) is 138. The van der Waals surface area contributed by atoms with Crippen LogP contribution in [0.5, 0.6) is 46.0 Å². The van der Waals surface area contributed by atoms with Crippen LogP contribution in [0.15, 0.2) is 109 Å². The molecule has 22 N–H and O–H groups in total. The van der Waals surface area contributed by atoms with Crippen LogP contribution in [0.1, 0.15) is 131 Å². The first-order valence-corrected chi connectivity index (χ1v) is 38.6. The number of likely N-dealkylation sites (N-methyl/N-ethyl adjacent to an activating group) is 1. The van der Waals surface area contributed by atoms with E-state index in [0.29, 0.717) is 5.02 Å². The molecule has 0 aliphatic carbocycles. The molecule has 6 aromatic carbocycles. The number of nitrogens with one attached hydrogen (secondary N) is 8. The Morgan fingerprint density at radius 1 is 0.669 bits per heavy atom. The van der Waals surface area contributed by atoms with Crippen molar-refractivity contribution < 1.29 is 127 Å². The van der Waals surface area contributed by atoms with Crippen LogP contribution in [0.2, 0.25) is 10.0 Å². The van der Waals surface area contributed by atoms with Crippen molar-refractivity contribution in [1.82, 2.24) is 42.5 Å². The highest BCUT2D eigenvalue weighted by atomic mass is 35.5. The molecule has 36 nitrogen and oxygen atoms in total. The minimum atomic E-state index is -2.41. The van der Waals surface area contributed by atoms with E-state index in [4.69, 9.17) is 72.6 Å². The third kappa shape index (κ3) is 18.8. The van der Waals surface area contributed by atoms with E-state index in [2.05, 4.69) is 42.5 Å². The van der Waals surface area contributed by atoms with Crippen LogP contribution in [-0.2, 0) is 68.6 Å². The largest absolute Gasteiger partial charge is 0.508 e. The van der Waals surface area contributed by atoms with Crippen LogP contribution in [0.3, 0.4) is 0 Å². The number of ether oxygens (including phenoxy) is 8. The number of phenols is 3. The first kappa shape index (κ1) is 87.2. The zero-order valence-corrected chi connectivity index (χ0v) is 66.2. The molecule has 0 saturated carbocycles. The number of halogens is 2. The Balaban J connectivity index is 1.10. The fourth-order valence-electron chi connectivity index (χ4n) is 15.4. The summed E-state index contributed by atoms with van der Waals surface area (Å²) in [6, 6.07) is 8.25. The van der Waals surface area contributed by atoms with E-state index < -0.39 is 256 Å². The zero-order valence-electron chi connectivity index (χ0n) is 64.7. The number of carboxylic acids is 1. The molecule has 0 radical (unpaired) electrons. The molecule has 0 spiro atoms. The van der Waals surface area contributed by atoms with Gasteiger partial charge in [-0.3, -0.25) is 33.6 Å². The van der Waals surface area contributed by atoms with Crippen molar-refractivity contribution in [3.8, 4) is 57.1 Å². The van der Waals surface area contributed by atoms with Gasteiger partial charge < -0.3 is 143 Å². The van der Waals surface area contributed by atoms with Gasteiger partial charge in [0.25, 0.3) is 0 Å². The molecule has 22 unspecified atom stereocenters. The van der Waals surface area contributed by atoms with Crippen molar-refractivity contribution in [2.24, 2.45) is 17.4 Å². The molecular weight excluding hydrogens is 1590 g/mol. The number of carbonyl (C=O) groups excluding carboxylic acids is 7. The molecule has 118 heavy (non-hydrogen) atoms. The molecule has 8 aliphatic heterocycles. The zero-order chi connectivity index (χ0) is 85.4. The van der Waals surface area contributed by atoms with E-state index >= 15 is 24.0 Å². The molecule has 14 rings (SSSR count). The van der Waals surface area contributed by atoms with Crippen LogP contribution < -0.4 is 68.2 Å². The number of rotatable bonds is 18. The van der Waals surface area contributed by atoms with Crippen molar-refractivity contribution in [1.29, 1.82) is 0 Å². The number of nitrogens with two attached hydrogens (primary N) is 2. The number of amides is 7. The number of carbonyl (C=O) groups is 8. The summed E-state index contributed by atoms with van der Waals surface area (Å²) in [4.78, 5) is 121. The number of carboxylic acid groups (broad SMARTS) is 1. The van der Waals surface area contributed by atoms with Crippen molar-refractivity contribution in [3.63, 3.8) is 0 Å². The monoisotopic (exact) mass is 1680 g/mol. The summed E-state index contributed by atoms with van der Waals surface area (Å²) < 4.78 is 52.6. The standard InChI is InChI=1S/C80H94Cl2N10O26/c1-32(2)21-45(85-7)71(103)91-61-63(98)37-15-20-49(44(82)22-37)114-51-24-38-23-50(67(51)118-78-68(65(100)64(99)52(31-93)115-78)117-55-29-80(6,70(102)34(4)112-55)86-30-35-11-16-39(81)17-12-35)113-41-18-13-36(14-19-41)66(116-54-28-79(5,84)69(101)33(3)111-54)62-76(108)90-60(77(109)110)43-25-40(94)26-48(96)57(43)56-42(9-8-10-47(56)95)59(74(106)92-62)89-73(105)58(38)88-72(104)46(27-53(83)97)87-75(61)107/h8-20,22-26,32-34,45-46,52,54-55,58-66,68-70,78,85-86,93-96,98-102H,21,27-31,84H2,1-7H3,(H2,83,97)(H,87,107)(H,88,104)(H,89,105)(H,90,108)(H,91,103)(H,92,106)(H,109,110). The average Bonchev–Trinajstić information content (AvgIpc) is 0.973. The lowest BCUT2D eigenvalue weighted by molar-refractivity contribution is -0.334. The Bertz CT molecular complexity index is 4780. The Hall–Kier alpha value is -10.1. The number of aromatic hydroxyl groups is 3. The normalized spacial score (nSPS) is 30.8. The molecule has 7 amide bonds. The predicted molar refractivity (Wildman–Crippen MR) is 415 cm³/mol. The van der Waals surface area contributed by atoms with Crippen LogP contribution in [0, 0.1) is 5.92 Å². The number of hydrogen-bond donors (Lipinski definition) is 20. The van der Waals surface area contributed by atoms with Gasteiger partial charge in [0, 0.05) is 58.2 Å². The van der Waals surface area contributed by atoms with Gasteiger partial charge >= 0.3 is 5.97 Å². The highest BCUT2D eigenvalue weighted by Crippen LogP contribution is 2.51. The molecule has 3 fully saturated rings. The van der Waals surface area contributed by atoms with Crippen LogP contribution in [-0.4, -0.2) is 215 Å². The van der Waals surface area contributed by atoms with E-state index in [1.165, 1.54) is 63.4 Å². The lowest BCUT2D eigenvalue weighted by atomic mass is 9.84. The fourth-order valence-corrected chi connectivity index (χ4v) is 15.7. The lowest BCUT2D eigenvalue weighted by Gasteiger charge is -2.48. The number of benzene rings is 6. The minimum absolute atomic E-state index is 0.0497. The number of aliphatic carboxylic acids is 1. The first-order valence-electron chi connectivity index (χ1n) is 37.9. The Labute approximate surface area is 685 Å². The Morgan fingerprint density at radius 2 is 1.31 bits per heavy atom. The molecule has 22 atom stereocenters. The number of aliphatic hydroxyl groups excluding tert-OH is 6. The minimum Gasteiger partial charge on any atom is -0.508 e. The quantitative estimate of drug-likeness (QED) is 0.0586. The summed E-state index contributed by atoms with van der Waals surface area (Å²) in [7, 11) is 1.48. The molecule has 3 saturated heterocycles. The van der Waals surface area contributed by atoms with Crippen molar-refractivity contribution >= 4 is 70.5 Å². The second-order valence-corrected chi connectivity index (χ2v) is 31.8. The lowest BCUT2D eigenvalue weighted by Crippen LogP contribution is -2.65. The summed E-state index contributed by atoms with van der Waals surface area (Å²) in [5.74, 6) is -16.0. The fraction of sp³-hybridized carbons (Fsp3) is 0.450. The summed E-state index contributed by atoms with van der Waals surface area (Å²) in [5.41, 5.74) is 7.51. The van der Waals surface area contributed by atoms with E-state index in [1.54, 1.807) is 38.1 Å². The predicted octanol–water partition coefficient (Wildman–Crippen LogP) is 2.17. The SMILES string of the molecule is CNC(CC(C)C)C(=O)NC1C(=O)NC(CC(N)=O)C(=O)NC2C(=O)NC3C(=O)NC(C(=O)NC(C(=O)O)c4cc(O)cc(O)c4-c4c(O)cccc43)C(OC3CC(C)(N)C(O)C(C)O3)c3ccc(cc3)Oc3cc2cc(c3OC2OC(CO)C(O)C(O)C2OC2CC(C)(NCc3ccc(Cl)cc3)C(O)C(C)O2)Oc2ccc(cc2Cl)C1O. The third-order valence-corrected chi connectivity index (χ3v) is 22.2. The molecule has 634 valence electrons. The number of hydrogen-bond acceptors (Lipinski definition) is 28. The van der Waals surface area contributed by atoms with E-state index in [0.717, 1.165) is 48.0 Å². The Kier molecular flexibility index (Phi) is 26.5. The number of primary amides is 1. The van der Waals surface area contributed by atoms with E-state index in [9.17, 15) is 65.4 Å². The van der Waals surface area contributed by atoms with Crippen LogP contribution in [0.4, 0.5) is 0 Å². The van der Waals surface area contributed by atoms with Gasteiger partial charge in [0.2, 0.25) is 53.4 Å². The molecule has 9 bridgehead atoms. The van der Waals surface area contributed by atoms with Crippen molar-refractivity contribution in [3.05, 3.63) is 153 Å². The highest BCUT2D eigenvalue weighted by Gasteiger charge is 2.53. The molecule has 8 aliphatic rings. The third-order valence-electron chi connectivity index (χ3n) is 21.7. The van der Waals surface area contributed by atoms with Gasteiger partial charge in [-0.25, -0.2) is 4.79 Å². The topological polar surface area (TPSA) is 561 Å². The number of phenolic OH excluding ortho intramolecular Hbond substituents is 3. The van der Waals surface area contributed by atoms with Gasteiger partial charge in [0.1, 0.15) is 89.5 Å². The summed E-state index contributed by atoms with van der Waals surface area (Å²) in [6.45, 7) is 9.09. The van der Waals surface area contributed by atoms with E-state index in [-0.39, 0.29) is 59.4 Å². The van der Waals surface area contributed by atoms with Gasteiger partial charge in [-0.15, -0.1) is 0 Å². The summed E-state index contributed by atoms with van der Waals surface area (Å²) in [6.07, 6.45) is -22.5. The second-order valence-electron chi connectivity index (χ2n) is 31.0. The van der Waals surface area contributed by atoms with Gasteiger partial charge in [0.05, 0.1) is 48.5 Å². The molecular formula is C80H94Cl2N10O26. The smallest absolute Gasteiger partial charge is 0.330 e. The van der Waals surface area contributed by atoms with Crippen molar-refractivity contribution in [2.45, 2.75) is 207 Å². The molecule has 38 heteroatoms.